The second kappa shape index (κ2) is 15.3. The molecule has 36 heavy (non-hydrogen) atoms. The van der Waals surface area contributed by atoms with Crippen molar-refractivity contribution in [3.8, 4) is 11.1 Å². The molecule has 4 aromatic carbocycles. The van der Waals surface area contributed by atoms with Crippen LogP contribution in [0.1, 0.15) is 28.7 Å². The van der Waals surface area contributed by atoms with Crippen molar-refractivity contribution in [3.63, 3.8) is 0 Å². The first-order valence-corrected chi connectivity index (χ1v) is 16.8. The van der Waals surface area contributed by atoms with Crippen molar-refractivity contribution in [2.75, 3.05) is 0 Å². The van der Waals surface area contributed by atoms with Crippen LogP contribution in [-0.4, -0.2) is 5.43 Å². The van der Waals surface area contributed by atoms with E-state index in [2.05, 4.69) is 117 Å². The summed E-state index contributed by atoms with van der Waals surface area (Å²) in [6.07, 6.45) is 11.0. The fourth-order valence-corrected chi connectivity index (χ4v) is 7.74. The van der Waals surface area contributed by atoms with Gasteiger partial charge in [0.25, 0.3) is 0 Å². The minimum absolute atomic E-state index is 0. The second-order valence-electron chi connectivity index (χ2n) is 8.51. The summed E-state index contributed by atoms with van der Waals surface area (Å²) in [6.45, 7) is 4.29. The van der Waals surface area contributed by atoms with E-state index in [1.165, 1.54) is 43.8 Å². The first-order chi connectivity index (χ1) is 16.6. The number of fused-ring (bicyclic) bond motifs is 3. The summed E-state index contributed by atoms with van der Waals surface area (Å²) >= 11 is 1.65. The van der Waals surface area contributed by atoms with Crippen LogP contribution in [0.4, 0.5) is 0 Å². The SMILES string of the molecule is Cc1ccc([Si](=[Zr+2])c2ccc(C)cc2)cc1.[C-]1=CC=CC1.[Cl-].[Cl-].[c-]1cccc2c1Cc1ccccc1-2. The van der Waals surface area contributed by atoms with Crippen LogP contribution >= 0.6 is 0 Å². The van der Waals surface area contributed by atoms with Crippen molar-refractivity contribution in [3.05, 3.63) is 144 Å². The molecule has 0 atom stereocenters. The monoisotopic (exact) mass is 600 g/mol. The molecule has 0 fully saturated rings. The molecule has 0 saturated carbocycles. The Bertz CT molecular complexity index is 1220. The van der Waals surface area contributed by atoms with Crippen molar-refractivity contribution < 1.29 is 48.1 Å². The summed E-state index contributed by atoms with van der Waals surface area (Å²) < 4.78 is 0. The number of hydrogen-bond donors (Lipinski definition) is 0. The third-order valence-electron chi connectivity index (χ3n) is 5.88. The summed E-state index contributed by atoms with van der Waals surface area (Å²) in [7, 11) is 0. The fourth-order valence-electron chi connectivity index (χ4n) is 3.94. The molecule has 180 valence electrons. The Balaban J connectivity index is 0.000000205. The largest absolute Gasteiger partial charge is 1.00 e. The molecular weight excluding hydrogens is 575 g/mol. The maximum absolute atomic E-state index is 3.30. The predicted octanol–water partition coefficient (Wildman–Crippen LogP) is 0.328. The van der Waals surface area contributed by atoms with Crippen molar-refractivity contribution >= 4 is 15.8 Å². The molecule has 0 unspecified atom stereocenters. The van der Waals surface area contributed by atoms with E-state index in [-0.39, 0.29) is 24.8 Å². The Labute approximate surface area is 243 Å². The second-order valence-corrected chi connectivity index (χ2v) is 14.1. The van der Waals surface area contributed by atoms with Crippen molar-refractivity contribution in [2.45, 2.75) is 26.7 Å². The molecule has 6 rings (SSSR count). The summed E-state index contributed by atoms with van der Waals surface area (Å²) in [6, 6.07) is 36.1. The molecule has 4 aromatic rings. The fraction of sp³-hybridized carbons (Fsp3) is 0.125. The van der Waals surface area contributed by atoms with Crippen LogP contribution in [0.25, 0.3) is 11.1 Å². The molecule has 0 saturated heterocycles. The first kappa shape index (κ1) is 30.3. The molecule has 0 spiro atoms. The van der Waals surface area contributed by atoms with Crippen LogP contribution in [0.3, 0.4) is 0 Å². The van der Waals surface area contributed by atoms with Crippen LogP contribution < -0.4 is 35.2 Å². The smallest absolute Gasteiger partial charge is 0.0253 e. The van der Waals surface area contributed by atoms with E-state index in [1.807, 2.05) is 18.2 Å². The molecule has 2 aliphatic rings. The molecule has 0 aliphatic heterocycles. The molecule has 0 heterocycles. The topological polar surface area (TPSA) is 0 Å². The Morgan fingerprint density at radius 1 is 0.722 bits per heavy atom. The zero-order valence-corrected chi connectivity index (χ0v) is 25.5. The van der Waals surface area contributed by atoms with E-state index in [1.54, 1.807) is 23.3 Å². The van der Waals surface area contributed by atoms with Crippen LogP contribution in [0.5, 0.6) is 0 Å². The van der Waals surface area contributed by atoms with E-state index in [0.717, 1.165) is 12.8 Å². The van der Waals surface area contributed by atoms with Gasteiger partial charge in [-0.15, -0.1) is 12.0 Å². The van der Waals surface area contributed by atoms with Gasteiger partial charge in [0.15, 0.2) is 0 Å². The van der Waals surface area contributed by atoms with E-state index in [9.17, 15) is 0 Å². The van der Waals surface area contributed by atoms with Crippen LogP contribution in [-0.2, 0) is 29.8 Å². The third-order valence-corrected chi connectivity index (χ3v) is 12.0. The number of rotatable bonds is 2. The van der Waals surface area contributed by atoms with Gasteiger partial charge in [0.2, 0.25) is 0 Å². The van der Waals surface area contributed by atoms with Gasteiger partial charge < -0.3 is 24.8 Å². The van der Waals surface area contributed by atoms with Crippen molar-refractivity contribution in [1.29, 1.82) is 0 Å². The Morgan fingerprint density at radius 2 is 1.31 bits per heavy atom. The van der Waals surface area contributed by atoms with Gasteiger partial charge in [-0.05, 0) is 6.42 Å². The number of benzene rings is 4. The summed E-state index contributed by atoms with van der Waals surface area (Å²) in [5, 5.41) is 3.05. The Kier molecular flexibility index (Phi) is 12.9. The zero-order chi connectivity index (χ0) is 23.8. The number of halogens is 2. The molecular formula is C32H28Cl2SiZr-2. The molecule has 0 N–H and O–H groups in total. The summed E-state index contributed by atoms with van der Waals surface area (Å²) in [5.41, 5.74) is 7.71. The molecule has 0 amide bonds. The van der Waals surface area contributed by atoms with Crippen molar-refractivity contribution in [1.82, 2.24) is 0 Å². The number of allylic oxidation sites excluding steroid dienone is 4. The van der Waals surface area contributed by atoms with Gasteiger partial charge >= 0.3 is 113 Å². The average molecular weight is 603 g/mol. The van der Waals surface area contributed by atoms with Gasteiger partial charge in [-0.2, -0.15) is 35.9 Å². The number of aryl methyl sites for hydroxylation is 2. The van der Waals surface area contributed by atoms with Gasteiger partial charge in [0.05, 0.1) is 0 Å². The first-order valence-electron chi connectivity index (χ1n) is 11.6. The van der Waals surface area contributed by atoms with E-state index >= 15 is 0 Å². The third kappa shape index (κ3) is 8.29. The molecule has 4 heteroatoms. The average Bonchev–Trinajstić information content (AvgIpc) is 3.57. The van der Waals surface area contributed by atoms with Gasteiger partial charge in [0.1, 0.15) is 0 Å². The van der Waals surface area contributed by atoms with Crippen LogP contribution in [0.15, 0.2) is 109 Å². The van der Waals surface area contributed by atoms with Crippen LogP contribution in [0.2, 0.25) is 0 Å². The summed E-state index contributed by atoms with van der Waals surface area (Å²) in [4.78, 5) is 0. The molecule has 2 aliphatic carbocycles. The van der Waals surface area contributed by atoms with E-state index < -0.39 is 5.43 Å². The van der Waals surface area contributed by atoms with Gasteiger partial charge in [-0.25, -0.2) is 12.2 Å². The van der Waals surface area contributed by atoms with Crippen molar-refractivity contribution in [2.24, 2.45) is 0 Å². The molecule has 0 bridgehead atoms. The molecule has 0 radical (unpaired) electrons. The number of hydrogen-bond acceptors (Lipinski definition) is 0. The standard InChI is InChI=1S/C14H14Si.C13H9.C5H5.2ClH.Zr/c1-11-3-7-13(8-4-11)15-14-9-5-12(2)6-10-14;1-3-7-12-10(5-1)9-11-6-2-4-8-13(11)12;1-2-4-5-3-1;;;/h3-10H,1-2H3;1-5,7-8H,9H2;1-3H,4H2;2*1H;/q;2*-1;;;+2/p-2. The normalized spacial score (nSPS) is 11.4. The predicted molar refractivity (Wildman–Crippen MR) is 142 cm³/mol. The van der Waals surface area contributed by atoms with Gasteiger partial charge in [-0.1, -0.05) is 35.4 Å². The van der Waals surface area contributed by atoms with E-state index in [0.29, 0.717) is 0 Å². The Morgan fingerprint density at radius 3 is 1.83 bits per heavy atom. The van der Waals surface area contributed by atoms with E-state index in [4.69, 9.17) is 0 Å². The molecule has 0 nitrogen and oxygen atoms in total. The maximum atomic E-state index is 3.30. The molecule has 0 aromatic heterocycles. The summed E-state index contributed by atoms with van der Waals surface area (Å²) in [5.74, 6) is 0. The van der Waals surface area contributed by atoms with Gasteiger partial charge in [0, 0.05) is 0 Å². The minimum Gasteiger partial charge on any atom is -1.00 e. The zero-order valence-electron chi connectivity index (χ0n) is 20.6. The van der Waals surface area contributed by atoms with Gasteiger partial charge in [-0.3, -0.25) is 6.08 Å². The van der Waals surface area contributed by atoms with Crippen LogP contribution in [0, 0.1) is 26.0 Å². The quantitative estimate of drug-likeness (QED) is 0.202. The minimum atomic E-state index is -0.488. The Hall–Kier alpha value is -1.96. The maximum Gasteiger partial charge on any atom is -0.0253 e.